The number of H-pyrrole nitrogens is 1. The van der Waals surface area contributed by atoms with Gasteiger partial charge in [0, 0.05) is 0 Å². The van der Waals surface area contributed by atoms with E-state index in [0.717, 1.165) is 15.6 Å². The minimum atomic E-state index is -0.489. The van der Waals surface area contributed by atoms with E-state index in [0.29, 0.717) is 39.2 Å². The van der Waals surface area contributed by atoms with Gasteiger partial charge >= 0.3 is 5.97 Å². The number of carbonyl (C=O) groups is 1. The number of nitrogens with zero attached hydrogens (tertiary/aromatic N) is 4. The molecule has 3 aromatic heterocycles. The molecule has 0 radical (unpaired) electrons. The third-order valence-corrected chi connectivity index (χ3v) is 5.90. The monoisotopic (exact) mass is 429 g/mol. The highest BCUT2D eigenvalue weighted by Crippen LogP contribution is 2.31. The molecule has 0 unspecified atom stereocenters. The van der Waals surface area contributed by atoms with Crippen molar-refractivity contribution in [1.29, 1.82) is 0 Å². The number of thiazole rings is 1. The third kappa shape index (κ3) is 3.91. The van der Waals surface area contributed by atoms with Crippen LogP contribution in [0.3, 0.4) is 0 Å². The number of aromatic nitrogens is 5. The largest absolute Gasteiger partial charge is 0.465 e. The minimum absolute atomic E-state index is 0.288. The summed E-state index contributed by atoms with van der Waals surface area (Å²) < 4.78 is 10.4. The molecule has 0 bridgehead atoms. The van der Waals surface area contributed by atoms with E-state index in [-0.39, 0.29) is 5.56 Å². The Kier molecular flexibility index (Phi) is 5.16. The van der Waals surface area contributed by atoms with Crippen LogP contribution in [0.15, 0.2) is 32.6 Å². The lowest BCUT2D eigenvalue weighted by Crippen LogP contribution is -2.12. The molecule has 9 nitrogen and oxygen atoms in total. The fourth-order valence-corrected chi connectivity index (χ4v) is 4.20. The highest BCUT2D eigenvalue weighted by atomic mass is 32.2. The lowest BCUT2D eigenvalue weighted by Gasteiger charge is -2.03. The Bertz CT molecular complexity index is 1280. The van der Waals surface area contributed by atoms with Gasteiger partial charge in [-0.15, -0.1) is 21.5 Å². The maximum absolute atomic E-state index is 12.3. The quantitative estimate of drug-likeness (QED) is 0.376. The number of carbonyl (C=O) groups excluding carboxylic acids is 1. The molecular formula is C18H15N5O4S2. The van der Waals surface area contributed by atoms with Gasteiger partial charge in [-0.3, -0.25) is 4.79 Å². The molecule has 11 heteroatoms. The van der Waals surface area contributed by atoms with Crippen LogP contribution in [-0.2, 0) is 10.5 Å². The van der Waals surface area contributed by atoms with Crippen molar-refractivity contribution in [2.75, 3.05) is 7.11 Å². The van der Waals surface area contributed by atoms with E-state index >= 15 is 0 Å². The number of hydrogen-bond acceptors (Lipinski definition) is 10. The second-order valence-corrected chi connectivity index (χ2v) is 8.18. The van der Waals surface area contributed by atoms with Gasteiger partial charge in [-0.1, -0.05) is 11.8 Å². The molecule has 0 spiro atoms. The Hall–Kier alpha value is -3.05. The zero-order valence-corrected chi connectivity index (χ0v) is 17.3. The lowest BCUT2D eigenvalue weighted by atomic mass is 10.1. The van der Waals surface area contributed by atoms with E-state index in [9.17, 15) is 9.59 Å². The molecule has 4 aromatic rings. The van der Waals surface area contributed by atoms with E-state index in [4.69, 9.17) is 9.15 Å². The first-order valence-corrected chi connectivity index (χ1v) is 10.3. The molecule has 29 heavy (non-hydrogen) atoms. The van der Waals surface area contributed by atoms with Crippen molar-refractivity contribution in [1.82, 2.24) is 25.1 Å². The van der Waals surface area contributed by atoms with Crippen molar-refractivity contribution in [2.24, 2.45) is 0 Å². The molecular weight excluding hydrogens is 414 g/mol. The lowest BCUT2D eigenvalue weighted by molar-refractivity contribution is 0.0601. The van der Waals surface area contributed by atoms with Crippen molar-refractivity contribution in [3.05, 3.63) is 50.6 Å². The zero-order valence-electron chi connectivity index (χ0n) is 15.7. The van der Waals surface area contributed by atoms with Crippen LogP contribution in [0.1, 0.15) is 26.9 Å². The predicted octanol–water partition coefficient (Wildman–Crippen LogP) is 3.13. The maximum atomic E-state index is 12.3. The Morgan fingerprint density at radius 3 is 2.83 bits per heavy atom. The van der Waals surface area contributed by atoms with E-state index < -0.39 is 5.97 Å². The highest BCUT2D eigenvalue weighted by molar-refractivity contribution is 7.98. The number of thioether (sulfide) groups is 1. The smallest absolute Gasteiger partial charge is 0.337 e. The Morgan fingerprint density at radius 2 is 2.10 bits per heavy atom. The fourth-order valence-electron chi connectivity index (χ4n) is 2.72. The number of ether oxygens (including phenoxy) is 1. The van der Waals surface area contributed by atoms with E-state index in [1.54, 1.807) is 6.07 Å². The molecule has 0 atom stereocenters. The molecule has 0 saturated heterocycles. The predicted molar refractivity (Wildman–Crippen MR) is 108 cm³/mol. The summed E-state index contributed by atoms with van der Waals surface area (Å²) in [6.45, 7) is 3.81. The van der Waals surface area contributed by atoms with E-state index in [1.807, 2.05) is 13.8 Å². The number of benzene rings is 1. The number of aryl methyl sites for hydroxylation is 2. The molecule has 0 aliphatic heterocycles. The van der Waals surface area contributed by atoms with Crippen LogP contribution in [-0.4, -0.2) is 38.2 Å². The van der Waals surface area contributed by atoms with Crippen LogP contribution >= 0.6 is 23.1 Å². The van der Waals surface area contributed by atoms with Crippen LogP contribution in [0.5, 0.6) is 0 Å². The molecule has 1 aromatic carbocycles. The summed E-state index contributed by atoms with van der Waals surface area (Å²) in [7, 11) is 1.30. The fraction of sp³-hybridized carbons (Fsp3) is 0.222. The Balaban J connectivity index is 1.56. The molecule has 0 fully saturated rings. The first-order chi connectivity index (χ1) is 13.9. The van der Waals surface area contributed by atoms with Gasteiger partial charge in [0.1, 0.15) is 10.7 Å². The topological polar surface area (TPSA) is 124 Å². The van der Waals surface area contributed by atoms with Gasteiger partial charge in [-0.05, 0) is 32.0 Å². The Morgan fingerprint density at radius 1 is 1.28 bits per heavy atom. The second-order valence-electron chi connectivity index (χ2n) is 6.05. The summed E-state index contributed by atoms with van der Waals surface area (Å²) in [5, 5.41) is 9.78. The molecule has 0 aliphatic rings. The molecule has 0 saturated carbocycles. The molecule has 0 aliphatic carbocycles. The average molecular weight is 429 g/mol. The summed E-state index contributed by atoms with van der Waals surface area (Å²) in [5.74, 6) is 0.671. The van der Waals surface area contributed by atoms with E-state index in [2.05, 4.69) is 25.1 Å². The normalized spacial score (nSPS) is 11.1. The molecule has 0 amide bonds. The SMILES string of the molecule is COC(=O)c1ccc2c(=O)[nH]c(CSc3nnc(-c4sc(C)nc4C)o3)nc2c1. The summed E-state index contributed by atoms with van der Waals surface area (Å²) in [6, 6.07) is 4.61. The van der Waals surface area contributed by atoms with Crippen LogP contribution in [0.2, 0.25) is 0 Å². The number of methoxy groups -OCH3 is 1. The van der Waals surface area contributed by atoms with Gasteiger partial charge in [0.15, 0.2) is 0 Å². The number of esters is 1. The number of fused-ring (bicyclic) bond motifs is 1. The van der Waals surface area contributed by atoms with Crippen molar-refractivity contribution in [3.8, 4) is 10.8 Å². The van der Waals surface area contributed by atoms with Gasteiger partial charge in [-0.2, -0.15) is 0 Å². The Labute approximate surface area is 172 Å². The standard InChI is InChI=1S/C18H15N5O4S2/c1-8-14(29-9(2)19-8)16-22-23-18(27-16)28-7-13-20-12-6-10(17(25)26-3)4-5-11(12)15(24)21-13/h4-6H,7H2,1-3H3,(H,20,21,24). The van der Waals surface area contributed by atoms with Gasteiger partial charge in [-0.25, -0.2) is 14.8 Å². The van der Waals surface area contributed by atoms with Crippen molar-refractivity contribution < 1.29 is 13.9 Å². The number of hydrogen-bond donors (Lipinski definition) is 1. The van der Waals surface area contributed by atoms with Crippen molar-refractivity contribution >= 4 is 40.0 Å². The summed E-state index contributed by atoms with van der Waals surface area (Å²) in [6.07, 6.45) is 0. The molecule has 4 rings (SSSR count). The summed E-state index contributed by atoms with van der Waals surface area (Å²) in [4.78, 5) is 36.4. The van der Waals surface area contributed by atoms with Gasteiger partial charge in [0.2, 0.25) is 0 Å². The van der Waals surface area contributed by atoms with Crippen LogP contribution in [0, 0.1) is 13.8 Å². The molecule has 148 valence electrons. The summed E-state index contributed by atoms with van der Waals surface area (Å²) in [5.41, 5.74) is 1.29. The number of nitrogens with one attached hydrogen (secondary N) is 1. The number of rotatable bonds is 5. The van der Waals surface area contributed by atoms with E-state index in [1.165, 1.54) is 42.3 Å². The second kappa shape index (κ2) is 7.76. The van der Waals surface area contributed by atoms with Crippen LogP contribution < -0.4 is 5.56 Å². The third-order valence-electron chi connectivity index (χ3n) is 4.01. The first-order valence-electron chi connectivity index (χ1n) is 8.46. The minimum Gasteiger partial charge on any atom is -0.465 e. The molecule has 3 heterocycles. The van der Waals surface area contributed by atoms with Crippen LogP contribution in [0.25, 0.3) is 21.7 Å². The van der Waals surface area contributed by atoms with Gasteiger partial charge < -0.3 is 14.1 Å². The first kappa shape index (κ1) is 19.3. The maximum Gasteiger partial charge on any atom is 0.337 e. The molecule has 1 N–H and O–H groups in total. The van der Waals surface area contributed by atoms with Crippen LogP contribution in [0.4, 0.5) is 0 Å². The highest BCUT2D eigenvalue weighted by Gasteiger charge is 2.16. The van der Waals surface area contributed by atoms with Gasteiger partial charge in [0.25, 0.3) is 16.7 Å². The van der Waals surface area contributed by atoms with Crippen molar-refractivity contribution in [3.63, 3.8) is 0 Å². The number of aromatic amines is 1. The average Bonchev–Trinajstić information content (AvgIpc) is 3.30. The van der Waals surface area contributed by atoms with Gasteiger partial charge in [0.05, 0.1) is 40.0 Å². The summed E-state index contributed by atoms with van der Waals surface area (Å²) >= 11 is 2.74. The van der Waals surface area contributed by atoms with Crippen molar-refractivity contribution in [2.45, 2.75) is 24.8 Å². The zero-order chi connectivity index (χ0) is 20.5.